The van der Waals surface area contributed by atoms with E-state index in [4.69, 9.17) is 4.99 Å². The number of hydrogen-bond acceptors (Lipinski definition) is 3. The molecular weight excluding hydrogens is 234 g/mol. The van der Waals surface area contributed by atoms with Gasteiger partial charge in [-0.2, -0.15) is 0 Å². The van der Waals surface area contributed by atoms with E-state index >= 15 is 0 Å². The molecule has 2 heterocycles. The fourth-order valence-corrected chi connectivity index (χ4v) is 3.35. The summed E-state index contributed by atoms with van der Waals surface area (Å²) < 4.78 is 0. The molecule has 0 radical (unpaired) electrons. The summed E-state index contributed by atoms with van der Waals surface area (Å²) in [6.07, 6.45) is 3.79. The molecular formula is C12H21N3OS. The van der Waals surface area contributed by atoms with E-state index in [1.807, 2.05) is 0 Å². The number of thioether (sulfide) groups is 1. The Hall–Kier alpha value is -0.710. The lowest BCUT2D eigenvalue weighted by molar-refractivity contribution is -0.122. The maximum atomic E-state index is 11.1. The first-order valence-corrected chi connectivity index (χ1v) is 7.35. The van der Waals surface area contributed by atoms with Gasteiger partial charge >= 0.3 is 0 Å². The minimum atomic E-state index is 0.157. The zero-order valence-corrected chi connectivity index (χ0v) is 11.4. The molecule has 0 spiro atoms. The van der Waals surface area contributed by atoms with Crippen molar-refractivity contribution in [2.75, 3.05) is 12.3 Å². The molecule has 0 aromatic carbocycles. The number of rotatable bonds is 2. The van der Waals surface area contributed by atoms with E-state index in [-0.39, 0.29) is 17.5 Å². The molecule has 2 aliphatic rings. The quantitative estimate of drug-likeness (QED) is 0.786. The van der Waals surface area contributed by atoms with E-state index in [0.717, 1.165) is 23.8 Å². The van der Waals surface area contributed by atoms with Gasteiger partial charge in [0, 0.05) is 24.3 Å². The fourth-order valence-electron chi connectivity index (χ4n) is 2.06. The number of piperidine rings is 1. The van der Waals surface area contributed by atoms with Crippen LogP contribution in [0.3, 0.4) is 0 Å². The third-order valence-electron chi connectivity index (χ3n) is 3.62. The van der Waals surface area contributed by atoms with Gasteiger partial charge < -0.3 is 10.6 Å². The summed E-state index contributed by atoms with van der Waals surface area (Å²) in [5.74, 6) is 1.29. The SMILES string of the molecule is CCC1(C)CCSC(=NC2CCC(=O)NC2)N1. The van der Waals surface area contributed by atoms with E-state index in [1.54, 1.807) is 11.8 Å². The van der Waals surface area contributed by atoms with Gasteiger partial charge in [0.05, 0.1) is 6.04 Å². The zero-order chi connectivity index (χ0) is 12.3. The van der Waals surface area contributed by atoms with Crippen LogP contribution in [0.2, 0.25) is 0 Å². The Morgan fingerprint density at radius 1 is 1.59 bits per heavy atom. The Labute approximate surface area is 107 Å². The summed E-state index contributed by atoms with van der Waals surface area (Å²) >= 11 is 1.80. The van der Waals surface area contributed by atoms with Crippen molar-refractivity contribution < 1.29 is 4.79 Å². The van der Waals surface area contributed by atoms with E-state index in [9.17, 15) is 4.79 Å². The second-order valence-electron chi connectivity index (χ2n) is 5.07. The molecule has 5 heteroatoms. The highest BCUT2D eigenvalue weighted by molar-refractivity contribution is 8.13. The first-order chi connectivity index (χ1) is 8.11. The molecule has 17 heavy (non-hydrogen) atoms. The van der Waals surface area contributed by atoms with Crippen LogP contribution in [0, 0.1) is 0 Å². The summed E-state index contributed by atoms with van der Waals surface area (Å²) in [6.45, 7) is 5.15. The van der Waals surface area contributed by atoms with E-state index in [0.29, 0.717) is 13.0 Å². The van der Waals surface area contributed by atoms with Gasteiger partial charge in [0.2, 0.25) is 5.91 Å². The molecule has 2 aliphatic heterocycles. The lowest BCUT2D eigenvalue weighted by Gasteiger charge is -2.35. The van der Waals surface area contributed by atoms with Crippen LogP contribution in [0.5, 0.6) is 0 Å². The average Bonchev–Trinajstić information content (AvgIpc) is 2.32. The predicted molar refractivity (Wildman–Crippen MR) is 72.4 cm³/mol. The van der Waals surface area contributed by atoms with Crippen LogP contribution in [-0.2, 0) is 4.79 Å². The maximum Gasteiger partial charge on any atom is 0.220 e. The largest absolute Gasteiger partial charge is 0.360 e. The first-order valence-electron chi connectivity index (χ1n) is 6.37. The van der Waals surface area contributed by atoms with Gasteiger partial charge in [0.1, 0.15) is 0 Å². The molecule has 0 aromatic heterocycles. The molecule has 96 valence electrons. The number of amides is 1. The number of aliphatic imine (C=N–C) groups is 1. The Kier molecular flexibility index (Phi) is 3.97. The number of amidine groups is 1. The monoisotopic (exact) mass is 255 g/mol. The molecule has 2 saturated heterocycles. The van der Waals surface area contributed by atoms with Crippen molar-refractivity contribution in [3.63, 3.8) is 0 Å². The van der Waals surface area contributed by atoms with Crippen molar-refractivity contribution in [3.8, 4) is 0 Å². The fraction of sp³-hybridized carbons (Fsp3) is 0.833. The summed E-state index contributed by atoms with van der Waals surface area (Å²) in [5, 5.41) is 7.47. The molecule has 2 unspecified atom stereocenters. The summed E-state index contributed by atoms with van der Waals surface area (Å²) in [6, 6.07) is 0.252. The molecule has 2 N–H and O–H groups in total. The lowest BCUT2D eigenvalue weighted by Crippen LogP contribution is -2.49. The van der Waals surface area contributed by atoms with Gasteiger partial charge in [0.25, 0.3) is 0 Å². The number of carbonyl (C=O) groups excluding carboxylic acids is 1. The van der Waals surface area contributed by atoms with Crippen LogP contribution in [-0.4, -0.2) is 35.0 Å². The first kappa shape index (κ1) is 12.7. The van der Waals surface area contributed by atoms with Crippen molar-refractivity contribution in [1.82, 2.24) is 10.6 Å². The van der Waals surface area contributed by atoms with Gasteiger partial charge in [-0.25, -0.2) is 0 Å². The number of nitrogens with zero attached hydrogens (tertiary/aromatic N) is 1. The molecule has 2 fully saturated rings. The van der Waals surface area contributed by atoms with Crippen LogP contribution in [0.4, 0.5) is 0 Å². The topological polar surface area (TPSA) is 53.5 Å². The van der Waals surface area contributed by atoms with Crippen LogP contribution < -0.4 is 10.6 Å². The second kappa shape index (κ2) is 5.29. The highest BCUT2D eigenvalue weighted by atomic mass is 32.2. The highest BCUT2D eigenvalue weighted by Crippen LogP contribution is 2.25. The third kappa shape index (κ3) is 3.37. The second-order valence-corrected chi connectivity index (χ2v) is 6.15. The van der Waals surface area contributed by atoms with Crippen molar-refractivity contribution in [2.45, 2.75) is 51.1 Å². The number of hydrogen-bond donors (Lipinski definition) is 2. The zero-order valence-electron chi connectivity index (χ0n) is 10.6. The van der Waals surface area contributed by atoms with Gasteiger partial charge in [-0.1, -0.05) is 18.7 Å². The molecule has 0 saturated carbocycles. The van der Waals surface area contributed by atoms with Gasteiger partial charge in [-0.3, -0.25) is 9.79 Å². The number of carbonyl (C=O) groups is 1. The Morgan fingerprint density at radius 3 is 3.06 bits per heavy atom. The van der Waals surface area contributed by atoms with E-state index in [2.05, 4.69) is 24.5 Å². The van der Waals surface area contributed by atoms with Crippen molar-refractivity contribution in [2.24, 2.45) is 4.99 Å². The Bertz CT molecular complexity index is 322. The minimum absolute atomic E-state index is 0.157. The predicted octanol–water partition coefficient (Wildman–Crippen LogP) is 1.52. The van der Waals surface area contributed by atoms with Crippen molar-refractivity contribution >= 4 is 22.8 Å². The molecule has 1 amide bonds. The minimum Gasteiger partial charge on any atom is -0.360 e. The smallest absolute Gasteiger partial charge is 0.220 e. The molecule has 0 bridgehead atoms. The van der Waals surface area contributed by atoms with Crippen LogP contribution in [0.25, 0.3) is 0 Å². The standard InChI is InChI=1S/C12H21N3OS/c1-3-12(2)6-7-17-11(15-12)14-9-4-5-10(16)13-8-9/h9H,3-8H2,1-2H3,(H,13,16)(H,14,15). The van der Waals surface area contributed by atoms with Crippen molar-refractivity contribution in [3.05, 3.63) is 0 Å². The van der Waals surface area contributed by atoms with Crippen LogP contribution in [0.15, 0.2) is 4.99 Å². The van der Waals surface area contributed by atoms with Gasteiger partial charge in [-0.15, -0.1) is 0 Å². The van der Waals surface area contributed by atoms with Gasteiger partial charge in [-0.05, 0) is 26.2 Å². The lowest BCUT2D eigenvalue weighted by atomic mass is 9.96. The number of nitrogens with one attached hydrogen (secondary N) is 2. The van der Waals surface area contributed by atoms with Crippen molar-refractivity contribution in [1.29, 1.82) is 0 Å². The van der Waals surface area contributed by atoms with Gasteiger partial charge in [0.15, 0.2) is 5.17 Å². The molecule has 0 aliphatic carbocycles. The Balaban J connectivity index is 1.94. The molecule has 2 rings (SSSR count). The third-order valence-corrected chi connectivity index (χ3v) is 4.51. The summed E-state index contributed by atoms with van der Waals surface area (Å²) in [4.78, 5) is 15.8. The van der Waals surface area contributed by atoms with Crippen LogP contribution in [0.1, 0.15) is 39.5 Å². The molecule has 0 aromatic rings. The molecule has 4 nitrogen and oxygen atoms in total. The Morgan fingerprint density at radius 2 is 2.41 bits per heavy atom. The maximum absolute atomic E-state index is 11.1. The van der Waals surface area contributed by atoms with E-state index < -0.39 is 0 Å². The summed E-state index contributed by atoms with van der Waals surface area (Å²) in [7, 11) is 0. The normalized spacial score (nSPS) is 36.5. The highest BCUT2D eigenvalue weighted by Gasteiger charge is 2.28. The van der Waals surface area contributed by atoms with E-state index in [1.165, 1.54) is 6.42 Å². The molecule has 2 atom stereocenters. The average molecular weight is 255 g/mol. The summed E-state index contributed by atoms with van der Waals surface area (Å²) in [5.41, 5.74) is 0.196. The van der Waals surface area contributed by atoms with Crippen LogP contribution >= 0.6 is 11.8 Å².